The molecule has 0 saturated heterocycles. The van der Waals surface area contributed by atoms with Crippen LogP contribution in [0.3, 0.4) is 0 Å². The number of nitrogens with one attached hydrogen (secondary N) is 1. The Kier molecular flexibility index (Phi) is 2.94. The second-order valence-corrected chi connectivity index (χ2v) is 5.40. The minimum absolute atomic E-state index is 0.134. The van der Waals surface area contributed by atoms with E-state index in [1.165, 1.54) is 4.68 Å². The predicted molar refractivity (Wildman–Crippen MR) is 86.7 cm³/mol. The first-order valence-electron chi connectivity index (χ1n) is 7.20. The van der Waals surface area contributed by atoms with Gasteiger partial charge in [-0.3, -0.25) is 9.89 Å². The molecular weight excluding hydrogens is 294 g/mol. The zero-order valence-corrected chi connectivity index (χ0v) is 12.8. The van der Waals surface area contributed by atoms with Crippen molar-refractivity contribution in [2.24, 2.45) is 7.05 Å². The normalized spacial score (nSPS) is 11.4. The van der Waals surface area contributed by atoms with E-state index in [4.69, 9.17) is 4.74 Å². The first-order valence-corrected chi connectivity index (χ1v) is 7.20. The van der Waals surface area contributed by atoms with E-state index in [0.717, 1.165) is 27.7 Å². The maximum atomic E-state index is 12.8. The number of aromatic nitrogens is 5. The molecule has 0 fully saturated rings. The molecule has 23 heavy (non-hydrogen) atoms. The monoisotopic (exact) mass is 309 g/mol. The number of hydrogen-bond acceptors (Lipinski definition) is 4. The lowest BCUT2D eigenvalue weighted by molar-refractivity contribution is 0.414. The first-order chi connectivity index (χ1) is 11.2. The molecule has 0 unspecified atom stereocenters. The molecular formula is C16H15N5O2. The highest BCUT2D eigenvalue weighted by atomic mass is 16.5. The molecule has 0 aliphatic carbocycles. The number of rotatable bonds is 3. The highest BCUT2D eigenvalue weighted by Crippen LogP contribution is 2.22. The van der Waals surface area contributed by atoms with Crippen LogP contribution in [0, 0.1) is 0 Å². The van der Waals surface area contributed by atoms with Crippen molar-refractivity contribution < 1.29 is 4.74 Å². The molecule has 1 N–H and O–H groups in total. The third kappa shape index (κ3) is 2.01. The zero-order chi connectivity index (χ0) is 16.0. The molecule has 1 aromatic carbocycles. The van der Waals surface area contributed by atoms with Gasteiger partial charge in [-0.15, -0.1) is 0 Å². The zero-order valence-electron chi connectivity index (χ0n) is 12.8. The minimum Gasteiger partial charge on any atom is -0.497 e. The van der Waals surface area contributed by atoms with Gasteiger partial charge in [0, 0.05) is 13.2 Å². The minimum atomic E-state index is -0.134. The lowest BCUT2D eigenvalue weighted by Gasteiger charge is -2.07. The van der Waals surface area contributed by atoms with Gasteiger partial charge in [-0.25, -0.2) is 4.68 Å². The van der Waals surface area contributed by atoms with E-state index in [1.807, 2.05) is 35.9 Å². The Morgan fingerprint density at radius 2 is 2.22 bits per heavy atom. The summed E-state index contributed by atoms with van der Waals surface area (Å²) in [7, 11) is 3.48. The van der Waals surface area contributed by atoms with E-state index in [2.05, 4.69) is 15.3 Å². The maximum Gasteiger partial charge on any atom is 0.291 e. The fraction of sp³-hybridized carbons (Fsp3) is 0.188. The van der Waals surface area contributed by atoms with E-state index < -0.39 is 0 Å². The van der Waals surface area contributed by atoms with Gasteiger partial charge in [0.15, 0.2) is 0 Å². The van der Waals surface area contributed by atoms with Gasteiger partial charge in [-0.2, -0.15) is 10.2 Å². The Morgan fingerprint density at radius 1 is 1.35 bits per heavy atom. The number of nitrogens with zero attached hydrogens (tertiary/aromatic N) is 4. The summed E-state index contributed by atoms with van der Waals surface area (Å²) in [6.07, 6.45) is 3.47. The highest BCUT2D eigenvalue weighted by molar-refractivity contribution is 6.04. The number of hydrogen-bond donors (Lipinski definition) is 1. The van der Waals surface area contributed by atoms with Crippen molar-refractivity contribution in [3.05, 3.63) is 52.6 Å². The van der Waals surface area contributed by atoms with Gasteiger partial charge in [0.2, 0.25) is 0 Å². The van der Waals surface area contributed by atoms with Crippen molar-refractivity contribution in [3.63, 3.8) is 0 Å². The summed E-state index contributed by atoms with van der Waals surface area (Å²) in [5, 5.41) is 12.1. The third-order valence-electron chi connectivity index (χ3n) is 4.06. The molecule has 0 bridgehead atoms. The quantitative estimate of drug-likeness (QED) is 0.624. The van der Waals surface area contributed by atoms with Crippen molar-refractivity contribution in [2.75, 3.05) is 7.11 Å². The second-order valence-electron chi connectivity index (χ2n) is 5.40. The summed E-state index contributed by atoms with van der Waals surface area (Å²) in [4.78, 5) is 12.8. The van der Waals surface area contributed by atoms with Gasteiger partial charge in [0.25, 0.3) is 5.56 Å². The van der Waals surface area contributed by atoms with Crippen LogP contribution in [0.2, 0.25) is 0 Å². The van der Waals surface area contributed by atoms with Crippen LogP contribution in [-0.4, -0.2) is 31.7 Å². The van der Waals surface area contributed by atoms with Crippen LogP contribution in [0.25, 0.3) is 21.9 Å². The maximum absolute atomic E-state index is 12.8. The molecule has 0 amide bonds. The molecule has 4 rings (SSSR count). The van der Waals surface area contributed by atoms with Crippen molar-refractivity contribution >= 4 is 21.9 Å². The molecule has 7 nitrogen and oxygen atoms in total. The second kappa shape index (κ2) is 4.98. The van der Waals surface area contributed by atoms with Gasteiger partial charge < -0.3 is 9.30 Å². The SMILES string of the molecule is COc1cccc(Cn2ncc3c4n[nH]cc4n(C)c3c2=O)c1. The molecule has 4 aromatic rings. The molecule has 3 heterocycles. The van der Waals surface area contributed by atoms with Crippen molar-refractivity contribution in [1.82, 2.24) is 24.5 Å². The van der Waals surface area contributed by atoms with Crippen LogP contribution < -0.4 is 10.3 Å². The van der Waals surface area contributed by atoms with E-state index in [9.17, 15) is 4.79 Å². The molecule has 0 saturated carbocycles. The summed E-state index contributed by atoms with van der Waals surface area (Å²) >= 11 is 0. The van der Waals surface area contributed by atoms with Crippen LogP contribution in [0.1, 0.15) is 5.56 Å². The number of H-pyrrole nitrogens is 1. The van der Waals surface area contributed by atoms with Crippen LogP contribution in [0.15, 0.2) is 41.5 Å². The fourth-order valence-electron chi connectivity index (χ4n) is 2.89. The summed E-state index contributed by atoms with van der Waals surface area (Å²) in [6.45, 7) is 0.390. The first kappa shape index (κ1) is 13.6. The number of methoxy groups -OCH3 is 1. The average Bonchev–Trinajstić information content (AvgIpc) is 3.14. The van der Waals surface area contributed by atoms with E-state index in [1.54, 1.807) is 19.5 Å². The van der Waals surface area contributed by atoms with Gasteiger partial charge >= 0.3 is 0 Å². The number of benzene rings is 1. The lowest BCUT2D eigenvalue weighted by Crippen LogP contribution is -2.24. The number of aromatic amines is 1. The third-order valence-corrected chi connectivity index (χ3v) is 4.06. The van der Waals surface area contributed by atoms with Crippen LogP contribution in [-0.2, 0) is 13.6 Å². The van der Waals surface area contributed by atoms with Crippen molar-refractivity contribution in [2.45, 2.75) is 6.54 Å². The van der Waals surface area contributed by atoms with Crippen molar-refractivity contribution in [1.29, 1.82) is 0 Å². The van der Waals surface area contributed by atoms with Crippen molar-refractivity contribution in [3.8, 4) is 5.75 Å². The fourth-order valence-corrected chi connectivity index (χ4v) is 2.89. The molecule has 0 aliphatic rings. The predicted octanol–water partition coefficient (Wildman–Crippen LogP) is 1.67. The number of fused-ring (bicyclic) bond motifs is 3. The Balaban J connectivity index is 1.86. The van der Waals surface area contributed by atoms with Crippen LogP contribution in [0.5, 0.6) is 5.75 Å². The Bertz CT molecular complexity index is 1070. The summed E-state index contributed by atoms with van der Waals surface area (Å²) < 4.78 is 8.52. The smallest absolute Gasteiger partial charge is 0.291 e. The molecule has 0 atom stereocenters. The van der Waals surface area contributed by atoms with Gasteiger partial charge in [0.05, 0.1) is 30.8 Å². The molecule has 0 aliphatic heterocycles. The summed E-state index contributed by atoms with van der Waals surface area (Å²) in [6, 6.07) is 7.61. The largest absolute Gasteiger partial charge is 0.497 e. The lowest BCUT2D eigenvalue weighted by atomic mass is 10.2. The number of aryl methyl sites for hydroxylation is 1. The molecule has 7 heteroatoms. The topological polar surface area (TPSA) is 77.7 Å². The van der Waals surface area contributed by atoms with E-state index in [0.29, 0.717) is 12.1 Å². The average molecular weight is 309 g/mol. The Morgan fingerprint density at radius 3 is 3.04 bits per heavy atom. The van der Waals surface area contributed by atoms with Gasteiger partial charge in [-0.05, 0) is 17.7 Å². The van der Waals surface area contributed by atoms with E-state index >= 15 is 0 Å². The van der Waals surface area contributed by atoms with Crippen LogP contribution >= 0.6 is 0 Å². The summed E-state index contributed by atoms with van der Waals surface area (Å²) in [5.74, 6) is 0.758. The highest BCUT2D eigenvalue weighted by Gasteiger charge is 2.15. The Labute approximate surface area is 131 Å². The van der Waals surface area contributed by atoms with Crippen LogP contribution in [0.4, 0.5) is 0 Å². The molecule has 0 spiro atoms. The van der Waals surface area contributed by atoms with Gasteiger partial charge in [0.1, 0.15) is 16.8 Å². The molecule has 3 aromatic heterocycles. The number of ether oxygens (including phenoxy) is 1. The standard InChI is InChI=1S/C16H15N5O2/c1-20-13-8-17-19-14(13)12-7-18-21(16(22)15(12)20)9-10-4-3-5-11(6-10)23-2/h3-8H,9H2,1-2H3,(H,17,19). The van der Waals surface area contributed by atoms with E-state index in [-0.39, 0.29) is 5.56 Å². The van der Waals surface area contributed by atoms with Gasteiger partial charge in [-0.1, -0.05) is 12.1 Å². The molecule has 116 valence electrons. The Hall–Kier alpha value is -3.09. The molecule has 0 radical (unpaired) electrons. The summed E-state index contributed by atoms with van der Waals surface area (Å²) in [5.41, 5.74) is 3.08.